The number of hydrogen-bond donors (Lipinski definition) is 1. The number of piperidine rings is 1. The molecule has 6 nitrogen and oxygen atoms in total. The van der Waals surface area contributed by atoms with E-state index in [9.17, 15) is 8.76 Å². The van der Waals surface area contributed by atoms with Gasteiger partial charge in [0.05, 0.1) is 17.3 Å². The molecule has 1 unspecified atom stereocenters. The number of rotatable bonds is 4. The normalized spacial score (nSPS) is 15.7. The van der Waals surface area contributed by atoms with Gasteiger partial charge in [-0.15, -0.1) is 4.21 Å². The van der Waals surface area contributed by atoms with Crippen molar-refractivity contribution in [3.8, 4) is 22.3 Å². The molecule has 1 aliphatic heterocycles. The molecule has 34 heavy (non-hydrogen) atoms. The molecule has 0 spiro atoms. The van der Waals surface area contributed by atoms with Crippen LogP contribution in [-0.2, 0) is 15.3 Å². The molecule has 0 bridgehead atoms. The molecule has 3 heterocycles. The van der Waals surface area contributed by atoms with Gasteiger partial charge < -0.3 is 9.87 Å². The molecule has 0 saturated carbocycles. The summed E-state index contributed by atoms with van der Waals surface area (Å²) < 4.78 is 25.2. The minimum Gasteiger partial charge on any atom is -0.612 e. The summed E-state index contributed by atoms with van der Waals surface area (Å²) in [6.07, 6.45) is 8.04. The predicted octanol–water partition coefficient (Wildman–Crippen LogP) is 4.87. The Kier molecular flexibility index (Phi) is 5.45. The summed E-state index contributed by atoms with van der Waals surface area (Å²) >= 11 is -2.68. The summed E-state index contributed by atoms with van der Waals surface area (Å²) in [6.45, 7) is 2.17. The molecule has 0 radical (unpaired) electrons. The maximum absolute atomic E-state index is 11.7. The minimum absolute atomic E-state index is 0.328. The number of hydrogen-bond acceptors (Lipinski definition) is 5. The van der Waals surface area contributed by atoms with Crippen LogP contribution in [-0.4, -0.2) is 32.2 Å². The lowest BCUT2D eigenvalue weighted by Crippen LogP contribution is -2.26. The highest BCUT2D eigenvalue weighted by Crippen LogP contribution is 2.34. The molecule has 0 amide bonds. The molecular formula is C27H24N4O2S. The zero-order valence-electron chi connectivity index (χ0n) is 18.5. The first-order chi connectivity index (χ1) is 16.7. The van der Waals surface area contributed by atoms with Crippen molar-refractivity contribution in [2.24, 2.45) is 0 Å². The first kappa shape index (κ1) is 21.2. The molecule has 1 N–H and O–H groups in total. The zero-order chi connectivity index (χ0) is 23.1. The lowest BCUT2D eigenvalue weighted by molar-refractivity contribution is 0.460. The van der Waals surface area contributed by atoms with Crippen molar-refractivity contribution >= 4 is 27.5 Å². The van der Waals surface area contributed by atoms with Crippen molar-refractivity contribution < 1.29 is 8.76 Å². The van der Waals surface area contributed by atoms with E-state index in [1.54, 1.807) is 16.8 Å². The van der Waals surface area contributed by atoms with E-state index in [2.05, 4.69) is 34.7 Å². The maximum Gasteiger partial charge on any atom is 0.162 e. The molecule has 5 aromatic rings. The van der Waals surface area contributed by atoms with Gasteiger partial charge >= 0.3 is 0 Å². The van der Waals surface area contributed by atoms with Crippen LogP contribution in [0.25, 0.3) is 38.7 Å². The third kappa shape index (κ3) is 3.72. The summed E-state index contributed by atoms with van der Waals surface area (Å²) in [5.74, 6) is 0.630. The lowest BCUT2D eigenvalue weighted by atomic mass is 9.89. The second kappa shape index (κ2) is 8.76. The van der Waals surface area contributed by atoms with Crippen LogP contribution in [0.1, 0.15) is 24.3 Å². The van der Waals surface area contributed by atoms with Crippen molar-refractivity contribution in [2.75, 3.05) is 13.1 Å². The Bertz CT molecular complexity index is 1520. The number of nitrogens with one attached hydrogen (secondary N) is 1. The molecule has 2 aromatic heterocycles. The number of thiol groups is 1. The molecule has 3 aromatic carbocycles. The monoisotopic (exact) mass is 468 g/mol. The molecule has 1 saturated heterocycles. The van der Waals surface area contributed by atoms with Gasteiger partial charge in [0, 0.05) is 28.9 Å². The summed E-state index contributed by atoms with van der Waals surface area (Å²) in [7, 11) is 0. The largest absolute Gasteiger partial charge is 0.612 e. The van der Waals surface area contributed by atoms with E-state index in [1.807, 2.05) is 42.7 Å². The van der Waals surface area contributed by atoms with Crippen LogP contribution in [0, 0.1) is 0 Å². The molecule has 1 aliphatic rings. The fourth-order valence-corrected chi connectivity index (χ4v) is 5.58. The number of aromatic nitrogens is 3. The molecule has 0 aliphatic carbocycles. The average molecular weight is 469 g/mol. The van der Waals surface area contributed by atoms with Crippen molar-refractivity contribution in [1.29, 1.82) is 0 Å². The first-order valence-corrected chi connectivity index (χ1v) is 12.7. The summed E-state index contributed by atoms with van der Waals surface area (Å²) in [4.78, 5) is 5.07. The van der Waals surface area contributed by atoms with E-state index in [1.165, 1.54) is 18.4 Å². The van der Waals surface area contributed by atoms with Crippen molar-refractivity contribution in [3.05, 3.63) is 84.8 Å². The third-order valence-electron chi connectivity index (χ3n) is 6.80. The molecule has 1 atom stereocenters. The van der Waals surface area contributed by atoms with Crippen LogP contribution in [0.5, 0.6) is 0 Å². The van der Waals surface area contributed by atoms with Gasteiger partial charge in [-0.3, -0.25) is 0 Å². The van der Waals surface area contributed by atoms with Crippen LogP contribution in [0.15, 0.2) is 84.1 Å². The van der Waals surface area contributed by atoms with E-state index < -0.39 is 11.1 Å². The molecule has 7 heteroatoms. The second-order valence-corrected chi connectivity index (χ2v) is 9.75. The average Bonchev–Trinajstić information content (AvgIpc) is 3.31. The van der Waals surface area contributed by atoms with E-state index >= 15 is 0 Å². The Morgan fingerprint density at radius 1 is 0.882 bits per heavy atom. The second-order valence-electron chi connectivity index (χ2n) is 8.75. The standard InChI is InChI=1S/C27H24N4O2S/c32-34(33)26-10-9-23(22-3-1-2-4-24(22)26)25-16-30-31-17-21(15-29-27(25)31)19-7-5-18(6-8-19)20-11-13-28-14-12-20/h1-10,15-17,20,28,34H,11-14H2. The van der Waals surface area contributed by atoms with Crippen LogP contribution < -0.4 is 5.32 Å². The van der Waals surface area contributed by atoms with E-state index in [-0.39, 0.29) is 0 Å². The Morgan fingerprint density at radius 2 is 1.65 bits per heavy atom. The Balaban J connectivity index is 1.37. The van der Waals surface area contributed by atoms with Crippen molar-refractivity contribution in [1.82, 2.24) is 19.9 Å². The van der Waals surface area contributed by atoms with Crippen LogP contribution in [0.3, 0.4) is 0 Å². The van der Waals surface area contributed by atoms with Gasteiger partial charge in [-0.25, -0.2) is 9.50 Å². The number of fused-ring (bicyclic) bond motifs is 2. The predicted molar refractivity (Wildman–Crippen MR) is 135 cm³/mol. The highest BCUT2D eigenvalue weighted by atomic mass is 32.2. The van der Waals surface area contributed by atoms with E-state index in [0.29, 0.717) is 16.2 Å². The highest BCUT2D eigenvalue weighted by Gasteiger charge is 2.17. The van der Waals surface area contributed by atoms with Gasteiger partial charge in [-0.1, -0.05) is 42.5 Å². The Hall–Kier alpha value is -3.39. The van der Waals surface area contributed by atoms with Gasteiger partial charge in [0.15, 0.2) is 10.5 Å². The van der Waals surface area contributed by atoms with Crippen LogP contribution >= 0.6 is 0 Å². The van der Waals surface area contributed by atoms with Crippen molar-refractivity contribution in [3.63, 3.8) is 0 Å². The van der Waals surface area contributed by atoms with E-state index in [0.717, 1.165) is 46.4 Å². The van der Waals surface area contributed by atoms with Gasteiger partial charge in [0.2, 0.25) is 0 Å². The first-order valence-electron chi connectivity index (χ1n) is 11.5. The molecule has 170 valence electrons. The van der Waals surface area contributed by atoms with Crippen LogP contribution in [0.2, 0.25) is 0 Å². The van der Waals surface area contributed by atoms with Crippen LogP contribution in [0.4, 0.5) is 0 Å². The van der Waals surface area contributed by atoms with Gasteiger partial charge in [0.1, 0.15) is 0 Å². The third-order valence-corrected chi connectivity index (χ3v) is 7.58. The fraction of sp³-hybridized carbons (Fsp3) is 0.185. The number of benzene rings is 3. The fourth-order valence-electron chi connectivity index (χ4n) is 4.99. The zero-order valence-corrected chi connectivity index (χ0v) is 19.4. The molecule has 1 fully saturated rings. The summed E-state index contributed by atoms with van der Waals surface area (Å²) in [5.41, 5.74) is 6.03. The number of nitrogens with zero attached hydrogens (tertiary/aromatic N) is 3. The minimum atomic E-state index is -2.68. The topological polar surface area (TPSA) is 82.3 Å². The smallest absolute Gasteiger partial charge is 0.162 e. The van der Waals surface area contributed by atoms with Gasteiger partial charge in [0.25, 0.3) is 0 Å². The Labute approximate surface area is 199 Å². The van der Waals surface area contributed by atoms with E-state index in [4.69, 9.17) is 4.98 Å². The molecular weight excluding hydrogens is 444 g/mol. The summed E-state index contributed by atoms with van der Waals surface area (Å²) in [5, 5.41) is 9.57. The Morgan fingerprint density at radius 3 is 2.41 bits per heavy atom. The van der Waals surface area contributed by atoms with Gasteiger partial charge in [-0.2, -0.15) is 5.10 Å². The maximum atomic E-state index is 11.7. The van der Waals surface area contributed by atoms with Crippen molar-refractivity contribution in [2.45, 2.75) is 23.7 Å². The SMILES string of the molecule is O=[SH+]([O-])c1ccc(-c2cnn3cc(-c4ccc(C5CCNCC5)cc4)cnc23)c2ccccc12. The van der Waals surface area contributed by atoms with Gasteiger partial charge in [-0.05, 0) is 72.1 Å². The highest BCUT2D eigenvalue weighted by molar-refractivity contribution is 7.79. The summed E-state index contributed by atoms with van der Waals surface area (Å²) in [6, 6.07) is 19.8. The quantitative estimate of drug-likeness (QED) is 0.301. The lowest BCUT2D eigenvalue weighted by Gasteiger charge is -2.23. The molecule has 6 rings (SSSR count).